The molecule has 118 valence electrons. The van der Waals surface area contributed by atoms with E-state index >= 15 is 0 Å². The third-order valence-corrected chi connectivity index (χ3v) is 4.80. The first-order valence-electron chi connectivity index (χ1n) is 7.75. The first-order chi connectivity index (χ1) is 10.0. The number of nitrogens with zero attached hydrogens (tertiary/aromatic N) is 1. The third-order valence-electron chi connectivity index (χ3n) is 4.30. The molecule has 0 unspecified atom stereocenters. The number of rotatable bonds is 6. The Kier molecular flexibility index (Phi) is 6.08. The van der Waals surface area contributed by atoms with Crippen LogP contribution in [-0.2, 0) is 11.3 Å². The molecule has 0 bridgehead atoms. The summed E-state index contributed by atoms with van der Waals surface area (Å²) in [6.45, 7) is 9.58. The van der Waals surface area contributed by atoms with Crippen molar-refractivity contribution in [1.29, 1.82) is 0 Å². The van der Waals surface area contributed by atoms with E-state index < -0.39 is 0 Å². The Bertz CT molecular complexity index is 452. The third kappa shape index (κ3) is 4.97. The van der Waals surface area contributed by atoms with Crippen molar-refractivity contribution in [1.82, 2.24) is 5.32 Å². The molecule has 0 radical (unpaired) electrons. The van der Waals surface area contributed by atoms with E-state index in [0.717, 1.165) is 37.3 Å². The molecule has 0 atom stereocenters. The molecule has 1 aromatic carbocycles. The maximum atomic E-state index is 5.09. The summed E-state index contributed by atoms with van der Waals surface area (Å²) in [4.78, 5) is 2.53. The van der Waals surface area contributed by atoms with Gasteiger partial charge < -0.3 is 15.0 Å². The minimum Gasteiger partial charge on any atom is -0.383 e. The van der Waals surface area contributed by atoms with Crippen LogP contribution in [0.25, 0.3) is 0 Å². The van der Waals surface area contributed by atoms with Gasteiger partial charge in [0.15, 0.2) is 0 Å². The standard InChI is InChI=1S/C17H27BrN2O/c1-17(2)6-9-20(10-7-17)16-12-15(18)5-4-14(16)13-19-8-11-21-3/h4-5,12,19H,6-11,13H2,1-3H3. The van der Waals surface area contributed by atoms with Gasteiger partial charge in [0.25, 0.3) is 0 Å². The molecular formula is C17H27BrN2O. The number of hydrogen-bond donors (Lipinski definition) is 1. The number of nitrogens with one attached hydrogen (secondary N) is 1. The Morgan fingerprint density at radius 2 is 2.00 bits per heavy atom. The molecule has 1 N–H and O–H groups in total. The molecule has 0 saturated carbocycles. The summed E-state index contributed by atoms with van der Waals surface area (Å²) in [7, 11) is 1.74. The second kappa shape index (κ2) is 7.61. The van der Waals surface area contributed by atoms with Crippen molar-refractivity contribution in [2.24, 2.45) is 5.41 Å². The molecule has 0 amide bonds. The van der Waals surface area contributed by atoms with Gasteiger partial charge in [-0.1, -0.05) is 35.8 Å². The van der Waals surface area contributed by atoms with Crippen molar-refractivity contribution in [3.05, 3.63) is 28.2 Å². The topological polar surface area (TPSA) is 24.5 Å². The van der Waals surface area contributed by atoms with E-state index in [1.165, 1.54) is 24.1 Å². The van der Waals surface area contributed by atoms with E-state index in [1.54, 1.807) is 7.11 Å². The first-order valence-corrected chi connectivity index (χ1v) is 8.54. The highest BCUT2D eigenvalue weighted by Crippen LogP contribution is 2.34. The smallest absolute Gasteiger partial charge is 0.0587 e. The SMILES string of the molecule is COCCNCc1ccc(Br)cc1N1CCC(C)(C)CC1. The predicted molar refractivity (Wildman–Crippen MR) is 93.0 cm³/mol. The Labute approximate surface area is 137 Å². The number of hydrogen-bond acceptors (Lipinski definition) is 3. The summed E-state index contributed by atoms with van der Waals surface area (Å²) in [5.41, 5.74) is 3.22. The highest BCUT2D eigenvalue weighted by molar-refractivity contribution is 9.10. The summed E-state index contributed by atoms with van der Waals surface area (Å²) in [6, 6.07) is 6.61. The average Bonchev–Trinajstić information content (AvgIpc) is 2.45. The molecule has 0 aromatic heterocycles. The van der Waals surface area contributed by atoms with Gasteiger partial charge in [-0.25, -0.2) is 0 Å². The minimum absolute atomic E-state index is 0.486. The molecule has 1 aromatic rings. The molecule has 1 saturated heterocycles. The largest absolute Gasteiger partial charge is 0.383 e. The van der Waals surface area contributed by atoms with E-state index in [9.17, 15) is 0 Å². The van der Waals surface area contributed by atoms with Crippen LogP contribution >= 0.6 is 15.9 Å². The fourth-order valence-electron chi connectivity index (χ4n) is 2.73. The summed E-state index contributed by atoms with van der Waals surface area (Å²) in [5.74, 6) is 0. The summed E-state index contributed by atoms with van der Waals surface area (Å²) < 4.78 is 6.24. The van der Waals surface area contributed by atoms with Crippen molar-refractivity contribution in [2.75, 3.05) is 38.3 Å². The molecule has 3 nitrogen and oxygen atoms in total. The van der Waals surface area contributed by atoms with Crippen molar-refractivity contribution in [3.63, 3.8) is 0 Å². The average molecular weight is 355 g/mol. The van der Waals surface area contributed by atoms with E-state index in [-0.39, 0.29) is 0 Å². The van der Waals surface area contributed by atoms with Crippen LogP contribution in [0.15, 0.2) is 22.7 Å². The predicted octanol–water partition coefficient (Wildman–Crippen LogP) is 3.81. The van der Waals surface area contributed by atoms with E-state index in [4.69, 9.17) is 4.74 Å². The fraction of sp³-hybridized carbons (Fsp3) is 0.647. The van der Waals surface area contributed by atoms with Crippen LogP contribution in [0.4, 0.5) is 5.69 Å². The Balaban J connectivity index is 2.05. The molecule has 21 heavy (non-hydrogen) atoms. The van der Waals surface area contributed by atoms with Gasteiger partial charge in [0.2, 0.25) is 0 Å². The van der Waals surface area contributed by atoms with Crippen LogP contribution < -0.4 is 10.2 Å². The van der Waals surface area contributed by atoms with Crippen LogP contribution in [0.3, 0.4) is 0 Å². The van der Waals surface area contributed by atoms with Crippen molar-refractivity contribution >= 4 is 21.6 Å². The van der Waals surface area contributed by atoms with E-state index in [1.807, 2.05) is 0 Å². The lowest BCUT2D eigenvalue weighted by Gasteiger charge is -2.39. The normalized spacial score (nSPS) is 18.0. The zero-order chi connectivity index (χ0) is 15.3. The van der Waals surface area contributed by atoms with E-state index in [0.29, 0.717) is 5.41 Å². The van der Waals surface area contributed by atoms with Gasteiger partial charge >= 0.3 is 0 Å². The van der Waals surface area contributed by atoms with Crippen molar-refractivity contribution in [2.45, 2.75) is 33.2 Å². The molecule has 1 heterocycles. The number of ether oxygens (including phenoxy) is 1. The Hall–Kier alpha value is -0.580. The molecule has 1 aliphatic rings. The number of halogens is 1. The van der Waals surface area contributed by atoms with Crippen molar-refractivity contribution in [3.8, 4) is 0 Å². The summed E-state index contributed by atoms with van der Waals surface area (Å²) in [6.07, 6.45) is 2.52. The molecule has 4 heteroatoms. The van der Waals surface area contributed by atoms with Gasteiger partial charge in [-0.3, -0.25) is 0 Å². The van der Waals surface area contributed by atoms with Gasteiger partial charge in [0.05, 0.1) is 6.61 Å². The zero-order valence-corrected chi connectivity index (χ0v) is 15.0. The fourth-order valence-corrected chi connectivity index (χ4v) is 3.08. The monoisotopic (exact) mass is 354 g/mol. The second-order valence-electron chi connectivity index (χ2n) is 6.59. The molecule has 2 rings (SSSR count). The second-order valence-corrected chi connectivity index (χ2v) is 7.51. The lowest BCUT2D eigenvalue weighted by molar-refractivity contribution is 0.199. The van der Waals surface area contributed by atoms with Gasteiger partial charge in [0, 0.05) is 43.4 Å². The van der Waals surface area contributed by atoms with Crippen LogP contribution in [-0.4, -0.2) is 33.4 Å². The molecule has 1 aliphatic heterocycles. The number of benzene rings is 1. The van der Waals surface area contributed by atoms with Gasteiger partial charge in [-0.15, -0.1) is 0 Å². The number of piperidine rings is 1. The Morgan fingerprint density at radius 3 is 2.67 bits per heavy atom. The molecular weight excluding hydrogens is 328 g/mol. The highest BCUT2D eigenvalue weighted by Gasteiger charge is 2.26. The maximum Gasteiger partial charge on any atom is 0.0587 e. The van der Waals surface area contributed by atoms with E-state index in [2.05, 4.69) is 58.2 Å². The number of anilines is 1. The zero-order valence-electron chi connectivity index (χ0n) is 13.4. The summed E-state index contributed by atoms with van der Waals surface area (Å²) >= 11 is 3.61. The van der Waals surface area contributed by atoms with Crippen molar-refractivity contribution < 1.29 is 4.74 Å². The molecule has 0 aliphatic carbocycles. The van der Waals surface area contributed by atoms with Crippen LogP contribution in [0.2, 0.25) is 0 Å². The van der Waals surface area contributed by atoms with Crippen LogP contribution in [0, 0.1) is 5.41 Å². The molecule has 0 spiro atoms. The summed E-state index contributed by atoms with van der Waals surface area (Å²) in [5, 5.41) is 3.45. The Morgan fingerprint density at radius 1 is 1.29 bits per heavy atom. The minimum atomic E-state index is 0.486. The maximum absolute atomic E-state index is 5.09. The van der Waals surface area contributed by atoms with Gasteiger partial charge in [0.1, 0.15) is 0 Å². The van der Waals surface area contributed by atoms with Gasteiger partial charge in [-0.05, 0) is 36.0 Å². The van der Waals surface area contributed by atoms with Crippen LogP contribution in [0.5, 0.6) is 0 Å². The highest BCUT2D eigenvalue weighted by atomic mass is 79.9. The lowest BCUT2D eigenvalue weighted by atomic mass is 9.82. The number of methoxy groups -OCH3 is 1. The van der Waals surface area contributed by atoms with Crippen LogP contribution in [0.1, 0.15) is 32.3 Å². The first kappa shape index (κ1) is 16.8. The molecule has 1 fully saturated rings. The quantitative estimate of drug-likeness (QED) is 0.786. The van der Waals surface area contributed by atoms with Gasteiger partial charge in [-0.2, -0.15) is 0 Å². The lowest BCUT2D eigenvalue weighted by Crippen LogP contribution is -2.38.